The van der Waals surface area contributed by atoms with E-state index >= 15 is 0 Å². The van der Waals surface area contributed by atoms with E-state index in [4.69, 9.17) is 0 Å². The van der Waals surface area contributed by atoms with Crippen molar-refractivity contribution in [2.75, 3.05) is 5.32 Å². The van der Waals surface area contributed by atoms with Crippen LogP contribution in [0.5, 0.6) is 0 Å². The molecule has 0 spiro atoms. The number of hydrogen-bond acceptors (Lipinski definition) is 3. The zero-order valence-corrected chi connectivity index (χ0v) is 15.4. The maximum absolute atomic E-state index is 13.0. The van der Waals surface area contributed by atoms with Gasteiger partial charge in [0.05, 0.1) is 6.04 Å². The lowest BCUT2D eigenvalue weighted by Gasteiger charge is -2.25. The van der Waals surface area contributed by atoms with E-state index in [1.165, 1.54) is 0 Å². The predicted molar refractivity (Wildman–Crippen MR) is 108 cm³/mol. The highest BCUT2D eigenvalue weighted by Crippen LogP contribution is 2.37. The molecule has 3 aromatic rings. The van der Waals surface area contributed by atoms with Gasteiger partial charge < -0.3 is 10.2 Å². The highest BCUT2D eigenvalue weighted by atomic mass is 16.2. The van der Waals surface area contributed by atoms with Gasteiger partial charge >= 0.3 is 0 Å². The first-order valence-corrected chi connectivity index (χ1v) is 9.37. The van der Waals surface area contributed by atoms with Gasteiger partial charge in [-0.25, -0.2) is 4.98 Å². The molecule has 0 saturated carbocycles. The van der Waals surface area contributed by atoms with Crippen LogP contribution in [0.15, 0.2) is 79.0 Å². The van der Waals surface area contributed by atoms with E-state index in [-0.39, 0.29) is 17.9 Å². The standard InChI is InChI=1S/C23H21N3O2/c27-22(25-21-12-6-7-15-24-21)14-13-20-18-10-4-5-11-19(18)23(28)26(20)16-17-8-2-1-3-9-17/h1-12,15,20H,13-14,16H2,(H,24,25,27). The molecule has 1 N–H and O–H groups in total. The van der Waals surface area contributed by atoms with Gasteiger partial charge in [0.15, 0.2) is 0 Å². The molecule has 5 heteroatoms. The van der Waals surface area contributed by atoms with Gasteiger partial charge in [-0.15, -0.1) is 0 Å². The molecule has 5 nitrogen and oxygen atoms in total. The normalized spacial score (nSPS) is 15.4. The molecular formula is C23H21N3O2. The zero-order chi connectivity index (χ0) is 19.3. The minimum absolute atomic E-state index is 0.0228. The number of fused-ring (bicyclic) bond motifs is 1. The van der Waals surface area contributed by atoms with Gasteiger partial charge in [-0.2, -0.15) is 0 Å². The van der Waals surface area contributed by atoms with Crippen LogP contribution >= 0.6 is 0 Å². The van der Waals surface area contributed by atoms with E-state index in [0.29, 0.717) is 25.2 Å². The number of anilines is 1. The lowest BCUT2D eigenvalue weighted by molar-refractivity contribution is -0.116. The lowest BCUT2D eigenvalue weighted by atomic mass is 10.0. The number of nitrogens with one attached hydrogen (secondary N) is 1. The summed E-state index contributed by atoms with van der Waals surface area (Å²) < 4.78 is 0. The van der Waals surface area contributed by atoms with E-state index in [1.807, 2.05) is 65.6 Å². The second-order valence-electron chi connectivity index (χ2n) is 6.82. The highest BCUT2D eigenvalue weighted by molar-refractivity contribution is 5.99. The van der Waals surface area contributed by atoms with Crippen LogP contribution in [0.4, 0.5) is 5.82 Å². The Kier molecular flexibility index (Phi) is 5.15. The monoisotopic (exact) mass is 371 g/mol. The molecule has 1 unspecified atom stereocenters. The van der Waals surface area contributed by atoms with Gasteiger partial charge in [-0.3, -0.25) is 9.59 Å². The average molecular weight is 371 g/mol. The first-order chi connectivity index (χ1) is 13.7. The number of hydrogen-bond donors (Lipinski definition) is 1. The molecule has 1 aromatic heterocycles. The van der Waals surface area contributed by atoms with Crippen molar-refractivity contribution in [3.8, 4) is 0 Å². The van der Waals surface area contributed by atoms with Crippen molar-refractivity contribution in [3.63, 3.8) is 0 Å². The smallest absolute Gasteiger partial charge is 0.255 e. The Morgan fingerprint density at radius 3 is 2.50 bits per heavy atom. The van der Waals surface area contributed by atoms with Gasteiger partial charge in [0, 0.05) is 24.7 Å². The van der Waals surface area contributed by atoms with Crippen LogP contribution < -0.4 is 5.32 Å². The number of carbonyl (C=O) groups is 2. The summed E-state index contributed by atoms with van der Waals surface area (Å²) >= 11 is 0. The van der Waals surface area contributed by atoms with Crippen molar-refractivity contribution >= 4 is 17.6 Å². The van der Waals surface area contributed by atoms with Crippen LogP contribution in [0.3, 0.4) is 0 Å². The minimum Gasteiger partial charge on any atom is -0.327 e. The molecular weight excluding hydrogens is 350 g/mol. The summed E-state index contributed by atoms with van der Waals surface area (Å²) in [6.45, 7) is 0.529. The minimum atomic E-state index is -0.113. The molecule has 1 atom stereocenters. The summed E-state index contributed by atoms with van der Waals surface area (Å²) in [6, 6.07) is 22.9. The van der Waals surface area contributed by atoms with E-state index in [0.717, 1.165) is 16.7 Å². The molecule has 2 heterocycles. The summed E-state index contributed by atoms with van der Waals surface area (Å²) in [7, 11) is 0. The van der Waals surface area contributed by atoms with Crippen LogP contribution in [-0.2, 0) is 11.3 Å². The van der Waals surface area contributed by atoms with Crippen LogP contribution in [0, 0.1) is 0 Å². The molecule has 140 valence electrons. The molecule has 1 aliphatic heterocycles. The summed E-state index contributed by atoms with van der Waals surface area (Å²) in [5, 5.41) is 2.81. The zero-order valence-electron chi connectivity index (χ0n) is 15.4. The summed E-state index contributed by atoms with van der Waals surface area (Å²) in [5.41, 5.74) is 2.80. The Morgan fingerprint density at radius 1 is 0.964 bits per heavy atom. The van der Waals surface area contributed by atoms with Crippen molar-refractivity contribution in [2.45, 2.75) is 25.4 Å². The Morgan fingerprint density at radius 2 is 1.71 bits per heavy atom. The molecule has 2 aromatic carbocycles. The lowest BCUT2D eigenvalue weighted by Crippen LogP contribution is -2.28. The molecule has 28 heavy (non-hydrogen) atoms. The first-order valence-electron chi connectivity index (χ1n) is 9.37. The Balaban J connectivity index is 1.50. The van der Waals surface area contributed by atoms with Crippen LogP contribution in [0.2, 0.25) is 0 Å². The maximum Gasteiger partial charge on any atom is 0.255 e. The van der Waals surface area contributed by atoms with E-state index in [1.54, 1.807) is 18.3 Å². The fourth-order valence-electron chi connectivity index (χ4n) is 3.63. The fourth-order valence-corrected chi connectivity index (χ4v) is 3.63. The van der Waals surface area contributed by atoms with Gasteiger partial charge in [-0.1, -0.05) is 54.6 Å². The third kappa shape index (κ3) is 3.78. The van der Waals surface area contributed by atoms with Crippen LogP contribution in [0.25, 0.3) is 0 Å². The van der Waals surface area contributed by atoms with Crippen molar-refractivity contribution in [1.29, 1.82) is 0 Å². The van der Waals surface area contributed by atoms with Gasteiger partial charge in [-0.05, 0) is 35.7 Å². The summed E-state index contributed by atoms with van der Waals surface area (Å²) in [4.78, 5) is 31.3. The van der Waals surface area contributed by atoms with E-state index in [2.05, 4.69) is 10.3 Å². The van der Waals surface area contributed by atoms with Crippen molar-refractivity contribution in [2.24, 2.45) is 0 Å². The van der Waals surface area contributed by atoms with Crippen LogP contribution in [-0.4, -0.2) is 21.7 Å². The van der Waals surface area contributed by atoms with Crippen molar-refractivity contribution in [1.82, 2.24) is 9.88 Å². The number of benzene rings is 2. The Hall–Kier alpha value is -3.47. The number of amides is 2. The summed E-state index contributed by atoms with van der Waals surface area (Å²) in [6.07, 6.45) is 2.52. The van der Waals surface area contributed by atoms with Gasteiger partial charge in [0.2, 0.25) is 5.91 Å². The SMILES string of the molecule is O=C(CCC1c2ccccc2C(=O)N1Cc1ccccc1)Nc1ccccn1. The van der Waals surface area contributed by atoms with E-state index in [9.17, 15) is 9.59 Å². The molecule has 0 saturated heterocycles. The second-order valence-corrected chi connectivity index (χ2v) is 6.82. The third-order valence-electron chi connectivity index (χ3n) is 4.96. The first kappa shape index (κ1) is 17.9. The average Bonchev–Trinajstić information content (AvgIpc) is 2.99. The van der Waals surface area contributed by atoms with Crippen molar-refractivity contribution < 1.29 is 9.59 Å². The largest absolute Gasteiger partial charge is 0.327 e. The highest BCUT2D eigenvalue weighted by Gasteiger charge is 2.36. The Bertz CT molecular complexity index is 973. The quantitative estimate of drug-likeness (QED) is 0.706. The molecule has 2 amide bonds. The molecule has 0 radical (unpaired) electrons. The maximum atomic E-state index is 13.0. The third-order valence-corrected chi connectivity index (χ3v) is 4.96. The van der Waals surface area contributed by atoms with E-state index < -0.39 is 0 Å². The number of rotatable bonds is 6. The fraction of sp³-hybridized carbons (Fsp3) is 0.174. The number of pyridine rings is 1. The van der Waals surface area contributed by atoms with Gasteiger partial charge in [0.25, 0.3) is 5.91 Å². The van der Waals surface area contributed by atoms with Gasteiger partial charge in [0.1, 0.15) is 5.82 Å². The molecule has 1 aliphatic rings. The topological polar surface area (TPSA) is 62.3 Å². The number of nitrogens with zero attached hydrogens (tertiary/aromatic N) is 2. The second kappa shape index (κ2) is 8.05. The molecule has 0 bridgehead atoms. The number of aromatic nitrogens is 1. The number of carbonyl (C=O) groups excluding carboxylic acids is 2. The predicted octanol–water partition coefficient (Wildman–Crippen LogP) is 4.20. The molecule has 0 aliphatic carbocycles. The summed E-state index contributed by atoms with van der Waals surface area (Å²) in [5.74, 6) is 0.460. The van der Waals surface area contributed by atoms with Crippen molar-refractivity contribution in [3.05, 3.63) is 95.7 Å². The molecule has 4 rings (SSSR count). The molecule has 0 fully saturated rings. The van der Waals surface area contributed by atoms with Crippen LogP contribution in [0.1, 0.15) is 40.4 Å². The Labute approximate surface area is 164 Å².